The second-order valence-corrected chi connectivity index (χ2v) is 4.62. The normalized spacial score (nSPS) is 16.9. The van der Waals surface area contributed by atoms with Crippen LogP contribution in [0.1, 0.15) is 12.8 Å². The van der Waals surface area contributed by atoms with Crippen LogP contribution in [-0.2, 0) is 0 Å². The van der Waals surface area contributed by atoms with Gasteiger partial charge in [0, 0.05) is 6.04 Å². The van der Waals surface area contributed by atoms with Crippen molar-refractivity contribution in [2.75, 3.05) is 18.0 Å². The third-order valence-electron chi connectivity index (χ3n) is 3.57. The summed E-state index contributed by atoms with van der Waals surface area (Å²) in [6.45, 7) is 2.06. The van der Waals surface area contributed by atoms with E-state index in [1.807, 2.05) is 18.3 Å². The van der Waals surface area contributed by atoms with Gasteiger partial charge in [-0.05, 0) is 48.5 Å². The predicted octanol–water partition coefficient (Wildman–Crippen LogP) is 1.10. The summed E-state index contributed by atoms with van der Waals surface area (Å²) in [5.41, 5.74) is 0.912. The van der Waals surface area contributed by atoms with Crippen LogP contribution in [0.5, 0.6) is 0 Å². The molecule has 0 saturated carbocycles. The minimum absolute atomic E-state index is 0. The summed E-state index contributed by atoms with van der Waals surface area (Å²) >= 11 is 0. The molecule has 1 saturated heterocycles. The third-order valence-corrected chi connectivity index (χ3v) is 3.57. The molecule has 3 aliphatic heterocycles. The number of piperidine rings is 1. The molecule has 0 spiro atoms. The molecule has 2 bridgehead atoms. The zero-order valence-corrected chi connectivity index (χ0v) is 12.3. The number of pyridine rings is 1. The lowest BCUT2D eigenvalue weighted by Crippen LogP contribution is -2.41. The molecule has 0 aliphatic carbocycles. The standard InChI is InChI=1S/C11H13N7.2ClH/c1-2-10-13-7-9(1)18-11(14-15-16-18)17(10)8-3-5-12-6-4-8;;/h1-2,7-8,12H,3-6H2;2*1H. The van der Waals surface area contributed by atoms with Gasteiger partial charge in [0.15, 0.2) is 0 Å². The molecule has 1 fully saturated rings. The van der Waals surface area contributed by atoms with Crippen LogP contribution >= 0.6 is 24.8 Å². The molecule has 0 unspecified atom stereocenters. The Morgan fingerprint density at radius 3 is 2.65 bits per heavy atom. The van der Waals surface area contributed by atoms with E-state index in [2.05, 4.69) is 30.7 Å². The Bertz CT molecular complexity index is 564. The fourth-order valence-electron chi connectivity index (χ4n) is 2.66. The molecule has 108 valence electrons. The van der Waals surface area contributed by atoms with Gasteiger partial charge in [0.05, 0.1) is 11.9 Å². The average Bonchev–Trinajstić information content (AvgIpc) is 2.81. The van der Waals surface area contributed by atoms with Gasteiger partial charge in [0.1, 0.15) is 5.82 Å². The van der Waals surface area contributed by atoms with E-state index in [1.54, 1.807) is 4.68 Å². The lowest BCUT2D eigenvalue weighted by molar-refractivity contribution is 0.446. The SMILES string of the molecule is Cl.Cl.c1cc2ncc1-n1nnnc1N2C1CCNCC1. The van der Waals surface area contributed by atoms with Gasteiger partial charge in [-0.2, -0.15) is 4.68 Å². The van der Waals surface area contributed by atoms with Gasteiger partial charge in [-0.15, -0.1) is 24.8 Å². The maximum atomic E-state index is 4.48. The Morgan fingerprint density at radius 2 is 1.95 bits per heavy atom. The molecule has 5 rings (SSSR count). The zero-order chi connectivity index (χ0) is 11.9. The molecular weight excluding hydrogens is 301 g/mol. The van der Waals surface area contributed by atoms with E-state index < -0.39 is 0 Å². The van der Waals surface area contributed by atoms with E-state index in [-0.39, 0.29) is 24.8 Å². The molecule has 0 atom stereocenters. The molecule has 2 aromatic rings. The molecule has 5 heterocycles. The van der Waals surface area contributed by atoms with Crippen LogP contribution in [0, 0.1) is 0 Å². The lowest BCUT2D eigenvalue weighted by Gasteiger charge is -2.32. The van der Waals surface area contributed by atoms with Gasteiger partial charge in [-0.25, -0.2) is 4.98 Å². The summed E-state index contributed by atoms with van der Waals surface area (Å²) in [5.74, 6) is 1.70. The molecule has 2 aromatic heterocycles. The average molecular weight is 316 g/mol. The van der Waals surface area contributed by atoms with Crippen LogP contribution in [0.15, 0.2) is 18.3 Å². The van der Waals surface area contributed by atoms with E-state index in [4.69, 9.17) is 0 Å². The first-order chi connectivity index (χ1) is 8.93. The van der Waals surface area contributed by atoms with Gasteiger partial charge in [0.2, 0.25) is 0 Å². The fraction of sp³-hybridized carbons (Fsp3) is 0.455. The Morgan fingerprint density at radius 1 is 1.15 bits per heavy atom. The zero-order valence-electron chi connectivity index (χ0n) is 10.6. The van der Waals surface area contributed by atoms with Crippen LogP contribution in [0.25, 0.3) is 5.69 Å². The number of rotatable bonds is 1. The van der Waals surface area contributed by atoms with E-state index in [0.717, 1.165) is 43.4 Å². The Kier molecular flexibility index (Phi) is 4.42. The Labute approximate surface area is 128 Å². The second kappa shape index (κ2) is 5.90. The minimum Gasteiger partial charge on any atom is -0.317 e. The van der Waals surface area contributed by atoms with Gasteiger partial charge in [-0.3, -0.25) is 4.90 Å². The topological polar surface area (TPSA) is 71.8 Å². The number of nitrogens with one attached hydrogen (secondary N) is 1. The summed E-state index contributed by atoms with van der Waals surface area (Å²) in [5, 5.41) is 15.4. The highest BCUT2D eigenvalue weighted by molar-refractivity contribution is 5.85. The molecular formula is C11H15Cl2N7. The van der Waals surface area contributed by atoms with Crippen molar-refractivity contribution in [2.24, 2.45) is 0 Å². The van der Waals surface area contributed by atoms with E-state index in [9.17, 15) is 0 Å². The largest absolute Gasteiger partial charge is 0.317 e. The van der Waals surface area contributed by atoms with Crippen molar-refractivity contribution in [3.63, 3.8) is 0 Å². The van der Waals surface area contributed by atoms with Gasteiger partial charge in [0.25, 0.3) is 5.95 Å². The number of aromatic nitrogens is 5. The van der Waals surface area contributed by atoms with E-state index in [0.29, 0.717) is 6.04 Å². The number of fused-ring (bicyclic) bond motifs is 2. The quantitative estimate of drug-likeness (QED) is 0.850. The van der Waals surface area contributed by atoms with Crippen LogP contribution in [-0.4, -0.2) is 44.3 Å². The number of tetrazole rings is 1. The van der Waals surface area contributed by atoms with Crippen molar-refractivity contribution in [1.82, 2.24) is 30.5 Å². The first-order valence-corrected chi connectivity index (χ1v) is 6.18. The summed E-state index contributed by atoms with van der Waals surface area (Å²) in [6.07, 6.45) is 3.97. The molecule has 0 radical (unpaired) electrons. The minimum atomic E-state index is 0. The van der Waals surface area contributed by atoms with Gasteiger partial charge >= 0.3 is 0 Å². The number of hydrogen-bond acceptors (Lipinski definition) is 6. The smallest absolute Gasteiger partial charge is 0.256 e. The van der Waals surface area contributed by atoms with Crippen LogP contribution in [0.3, 0.4) is 0 Å². The number of hydrogen-bond donors (Lipinski definition) is 1. The molecule has 20 heavy (non-hydrogen) atoms. The van der Waals surface area contributed by atoms with Crippen LogP contribution in [0.2, 0.25) is 0 Å². The highest BCUT2D eigenvalue weighted by Crippen LogP contribution is 2.32. The van der Waals surface area contributed by atoms with Crippen LogP contribution < -0.4 is 10.2 Å². The molecule has 7 nitrogen and oxygen atoms in total. The summed E-state index contributed by atoms with van der Waals surface area (Å²) < 4.78 is 1.75. The second-order valence-electron chi connectivity index (χ2n) is 4.62. The summed E-state index contributed by atoms with van der Waals surface area (Å²) in [7, 11) is 0. The van der Waals surface area contributed by atoms with Crippen molar-refractivity contribution in [3.8, 4) is 5.69 Å². The van der Waals surface area contributed by atoms with Gasteiger partial charge < -0.3 is 5.32 Å². The maximum absolute atomic E-state index is 4.48. The van der Waals surface area contributed by atoms with Crippen molar-refractivity contribution < 1.29 is 0 Å². The fourth-order valence-corrected chi connectivity index (χ4v) is 2.66. The highest BCUT2D eigenvalue weighted by Gasteiger charge is 2.30. The van der Waals surface area contributed by atoms with Crippen molar-refractivity contribution in [2.45, 2.75) is 18.9 Å². The monoisotopic (exact) mass is 315 g/mol. The van der Waals surface area contributed by atoms with Crippen LogP contribution in [0.4, 0.5) is 11.8 Å². The van der Waals surface area contributed by atoms with Gasteiger partial charge in [-0.1, -0.05) is 5.10 Å². The first-order valence-electron chi connectivity index (χ1n) is 6.18. The molecule has 0 amide bonds. The third kappa shape index (κ3) is 2.21. The highest BCUT2D eigenvalue weighted by atomic mass is 35.5. The van der Waals surface area contributed by atoms with E-state index in [1.165, 1.54) is 0 Å². The van der Waals surface area contributed by atoms with Crippen molar-refractivity contribution >= 4 is 36.6 Å². The number of nitrogens with zero attached hydrogens (tertiary/aromatic N) is 6. The molecule has 0 aromatic carbocycles. The molecule has 1 N–H and O–H groups in total. The first kappa shape index (κ1) is 15.0. The predicted molar refractivity (Wildman–Crippen MR) is 79.5 cm³/mol. The number of halogens is 2. The lowest BCUT2D eigenvalue weighted by atomic mass is 10.1. The van der Waals surface area contributed by atoms with Crippen molar-refractivity contribution in [1.29, 1.82) is 0 Å². The molecule has 9 heteroatoms. The Hall–Kier alpha value is -1.44. The Balaban J connectivity index is 0.000000735. The van der Waals surface area contributed by atoms with Crippen molar-refractivity contribution in [3.05, 3.63) is 18.3 Å². The molecule has 3 aliphatic rings. The maximum Gasteiger partial charge on any atom is 0.256 e. The summed E-state index contributed by atoms with van der Waals surface area (Å²) in [4.78, 5) is 6.64. The van der Waals surface area contributed by atoms with E-state index >= 15 is 0 Å². The summed E-state index contributed by atoms with van der Waals surface area (Å²) in [6, 6.07) is 4.43. The number of anilines is 2.